The molecule has 2 N–H and O–H groups in total. The molecule has 0 unspecified atom stereocenters. The number of hydrogen-bond acceptors (Lipinski definition) is 5. The highest BCUT2D eigenvalue weighted by Gasteiger charge is 2.21. The molecule has 0 aromatic carbocycles. The first kappa shape index (κ1) is 14.7. The number of nitrogens with two attached hydrogens (primary N) is 1. The Kier molecular flexibility index (Phi) is 5.34. The van der Waals surface area contributed by atoms with Crippen LogP contribution in [0.25, 0.3) is 0 Å². The number of anilines is 1. The molecular weight excluding hydrogens is 228 g/mol. The van der Waals surface area contributed by atoms with Crippen molar-refractivity contribution < 1.29 is 4.74 Å². The molecule has 1 heterocycles. The summed E-state index contributed by atoms with van der Waals surface area (Å²) in [6.07, 6.45) is 4.44. The van der Waals surface area contributed by atoms with E-state index in [1.807, 2.05) is 0 Å². The van der Waals surface area contributed by atoms with Gasteiger partial charge in [0.05, 0.1) is 19.5 Å². The topological polar surface area (TPSA) is 64.3 Å². The molecule has 1 aromatic rings. The van der Waals surface area contributed by atoms with Gasteiger partial charge in [-0.15, -0.1) is 0 Å². The van der Waals surface area contributed by atoms with Gasteiger partial charge in [-0.05, 0) is 18.4 Å². The zero-order valence-corrected chi connectivity index (χ0v) is 11.8. The average molecular weight is 252 g/mol. The van der Waals surface area contributed by atoms with Crippen LogP contribution >= 0.6 is 0 Å². The lowest BCUT2D eigenvalue weighted by Gasteiger charge is -2.31. The fourth-order valence-electron chi connectivity index (χ4n) is 1.68. The molecule has 0 saturated heterocycles. The van der Waals surface area contributed by atoms with Gasteiger partial charge in [0, 0.05) is 13.1 Å². The van der Waals surface area contributed by atoms with Crippen LogP contribution in [0.4, 0.5) is 5.95 Å². The van der Waals surface area contributed by atoms with Gasteiger partial charge in [0.15, 0.2) is 5.75 Å². The zero-order valence-electron chi connectivity index (χ0n) is 11.8. The van der Waals surface area contributed by atoms with Crippen LogP contribution in [0.3, 0.4) is 0 Å². The molecule has 0 saturated carbocycles. The third kappa shape index (κ3) is 4.14. The molecule has 0 atom stereocenters. The molecule has 0 amide bonds. The highest BCUT2D eigenvalue weighted by Crippen LogP contribution is 2.19. The summed E-state index contributed by atoms with van der Waals surface area (Å²) in [5.41, 5.74) is 5.84. The van der Waals surface area contributed by atoms with E-state index in [1.165, 1.54) is 0 Å². The van der Waals surface area contributed by atoms with Crippen LogP contribution < -0.4 is 15.4 Å². The summed E-state index contributed by atoms with van der Waals surface area (Å²) in [5.74, 6) is 1.41. The Bertz CT molecular complexity index is 351. The molecule has 0 spiro atoms. The van der Waals surface area contributed by atoms with E-state index in [4.69, 9.17) is 10.5 Å². The van der Waals surface area contributed by atoms with Gasteiger partial charge in [0.1, 0.15) is 0 Å². The number of methoxy groups -OCH3 is 1. The van der Waals surface area contributed by atoms with Crippen LogP contribution in [0.2, 0.25) is 0 Å². The summed E-state index contributed by atoms with van der Waals surface area (Å²) in [6, 6.07) is 0. The van der Waals surface area contributed by atoms with Crippen molar-refractivity contribution in [3.63, 3.8) is 0 Å². The second-order valence-electron chi connectivity index (χ2n) is 5.21. The van der Waals surface area contributed by atoms with Gasteiger partial charge in [-0.2, -0.15) is 0 Å². The van der Waals surface area contributed by atoms with Crippen LogP contribution in [-0.2, 0) is 0 Å². The largest absolute Gasteiger partial charge is 0.494 e. The normalized spacial score (nSPS) is 11.4. The summed E-state index contributed by atoms with van der Waals surface area (Å²) >= 11 is 0. The minimum atomic E-state index is 0.0540. The van der Waals surface area contributed by atoms with E-state index in [0.29, 0.717) is 12.3 Å². The Hall–Kier alpha value is -1.36. The average Bonchev–Trinajstić information content (AvgIpc) is 2.38. The van der Waals surface area contributed by atoms with Crippen molar-refractivity contribution in [2.24, 2.45) is 11.1 Å². The molecule has 102 valence electrons. The molecule has 1 aromatic heterocycles. The van der Waals surface area contributed by atoms with Crippen LogP contribution in [0.5, 0.6) is 5.75 Å². The van der Waals surface area contributed by atoms with Gasteiger partial charge < -0.3 is 15.4 Å². The molecule has 0 fully saturated rings. The lowest BCUT2D eigenvalue weighted by Crippen LogP contribution is -2.40. The molecule has 0 radical (unpaired) electrons. The van der Waals surface area contributed by atoms with Crippen LogP contribution in [-0.4, -0.2) is 36.7 Å². The minimum absolute atomic E-state index is 0.0540. The molecule has 0 aliphatic rings. The third-order valence-electron chi connectivity index (χ3n) is 2.80. The van der Waals surface area contributed by atoms with E-state index < -0.39 is 0 Å². The van der Waals surface area contributed by atoms with E-state index >= 15 is 0 Å². The lowest BCUT2D eigenvalue weighted by atomic mass is 9.93. The molecule has 0 bridgehead atoms. The summed E-state index contributed by atoms with van der Waals surface area (Å²) < 4.78 is 5.07. The minimum Gasteiger partial charge on any atom is -0.494 e. The van der Waals surface area contributed by atoms with Gasteiger partial charge >= 0.3 is 0 Å². The third-order valence-corrected chi connectivity index (χ3v) is 2.80. The van der Waals surface area contributed by atoms with Gasteiger partial charge in [-0.3, -0.25) is 0 Å². The first-order valence-corrected chi connectivity index (χ1v) is 6.33. The van der Waals surface area contributed by atoms with Crippen LogP contribution in [0.1, 0.15) is 27.2 Å². The predicted octanol–water partition coefficient (Wildman–Crippen LogP) is 1.69. The van der Waals surface area contributed by atoms with Gasteiger partial charge in [0.2, 0.25) is 5.95 Å². The van der Waals surface area contributed by atoms with Crippen molar-refractivity contribution in [1.29, 1.82) is 0 Å². The van der Waals surface area contributed by atoms with E-state index in [9.17, 15) is 0 Å². The van der Waals surface area contributed by atoms with E-state index in [1.54, 1.807) is 19.5 Å². The quantitative estimate of drug-likeness (QED) is 0.800. The van der Waals surface area contributed by atoms with Crippen molar-refractivity contribution >= 4 is 5.95 Å². The smallest absolute Gasteiger partial charge is 0.225 e. The van der Waals surface area contributed by atoms with E-state index in [2.05, 4.69) is 35.6 Å². The Balaban J connectivity index is 2.82. The van der Waals surface area contributed by atoms with Gasteiger partial charge in [-0.1, -0.05) is 20.8 Å². The van der Waals surface area contributed by atoms with Crippen molar-refractivity contribution in [3.05, 3.63) is 12.4 Å². The Morgan fingerprint density at radius 3 is 2.39 bits per heavy atom. The second kappa shape index (κ2) is 6.54. The molecule has 0 aliphatic heterocycles. The molecule has 1 rings (SSSR count). The maximum atomic E-state index is 5.79. The molecule has 5 heteroatoms. The second-order valence-corrected chi connectivity index (χ2v) is 5.21. The first-order chi connectivity index (χ1) is 8.52. The Morgan fingerprint density at radius 2 is 1.94 bits per heavy atom. The fourth-order valence-corrected chi connectivity index (χ4v) is 1.68. The van der Waals surface area contributed by atoms with E-state index in [-0.39, 0.29) is 5.41 Å². The number of ether oxygens (including phenoxy) is 1. The summed E-state index contributed by atoms with van der Waals surface area (Å²) in [6.45, 7) is 8.87. The van der Waals surface area contributed by atoms with Crippen LogP contribution in [0.15, 0.2) is 12.4 Å². The van der Waals surface area contributed by atoms with Crippen molar-refractivity contribution in [2.45, 2.75) is 27.2 Å². The number of rotatable bonds is 7. The predicted molar refractivity (Wildman–Crippen MR) is 73.9 cm³/mol. The number of hydrogen-bond donors (Lipinski definition) is 1. The Labute approximate surface area is 109 Å². The van der Waals surface area contributed by atoms with Gasteiger partial charge in [-0.25, -0.2) is 9.97 Å². The fraction of sp³-hybridized carbons (Fsp3) is 0.692. The Morgan fingerprint density at radius 1 is 1.33 bits per heavy atom. The maximum absolute atomic E-state index is 5.79. The van der Waals surface area contributed by atoms with Crippen molar-refractivity contribution in [3.8, 4) is 5.75 Å². The SMILES string of the molecule is CCCN(CC(C)(C)CN)c1ncc(OC)cn1. The zero-order chi connectivity index (χ0) is 13.6. The molecule has 5 nitrogen and oxygen atoms in total. The highest BCUT2D eigenvalue weighted by molar-refractivity contribution is 5.31. The number of nitrogens with zero attached hydrogens (tertiary/aromatic N) is 3. The van der Waals surface area contributed by atoms with Gasteiger partial charge in [0.25, 0.3) is 0 Å². The monoisotopic (exact) mass is 252 g/mol. The highest BCUT2D eigenvalue weighted by atomic mass is 16.5. The standard InChI is InChI=1S/C13H24N4O/c1-5-6-17(10-13(2,3)9-14)12-15-7-11(18-4)8-16-12/h7-8H,5-6,9-10,14H2,1-4H3. The summed E-state index contributed by atoms with van der Waals surface area (Å²) in [7, 11) is 1.61. The maximum Gasteiger partial charge on any atom is 0.225 e. The summed E-state index contributed by atoms with van der Waals surface area (Å²) in [4.78, 5) is 10.8. The molecular formula is C13H24N4O. The van der Waals surface area contributed by atoms with Crippen molar-refractivity contribution in [2.75, 3.05) is 31.6 Å². The lowest BCUT2D eigenvalue weighted by molar-refractivity contribution is 0.374. The molecule has 0 aliphatic carbocycles. The molecule has 18 heavy (non-hydrogen) atoms. The number of aromatic nitrogens is 2. The first-order valence-electron chi connectivity index (χ1n) is 6.33. The van der Waals surface area contributed by atoms with Crippen LogP contribution in [0, 0.1) is 5.41 Å². The summed E-state index contributed by atoms with van der Waals surface area (Å²) in [5, 5.41) is 0. The van der Waals surface area contributed by atoms with Crippen molar-refractivity contribution in [1.82, 2.24) is 9.97 Å². The van der Waals surface area contributed by atoms with E-state index in [0.717, 1.165) is 25.5 Å².